The zero-order chi connectivity index (χ0) is 27.6. The maximum atomic E-state index is 14.4. The minimum atomic E-state index is -4.47. The van der Waals surface area contributed by atoms with Gasteiger partial charge in [-0.15, -0.1) is 11.3 Å². The molecule has 38 heavy (non-hydrogen) atoms. The molecule has 1 fully saturated rings. The first-order chi connectivity index (χ1) is 17.9. The molecule has 0 radical (unpaired) electrons. The van der Waals surface area contributed by atoms with E-state index in [1.54, 1.807) is 18.2 Å². The van der Waals surface area contributed by atoms with E-state index in [1.165, 1.54) is 29.2 Å². The molecule has 9 nitrogen and oxygen atoms in total. The molecule has 1 aliphatic carbocycles. The van der Waals surface area contributed by atoms with Gasteiger partial charge in [-0.1, -0.05) is 18.2 Å². The van der Waals surface area contributed by atoms with Gasteiger partial charge in [-0.3, -0.25) is 19.0 Å². The van der Waals surface area contributed by atoms with Crippen molar-refractivity contribution in [2.24, 2.45) is 5.92 Å². The van der Waals surface area contributed by atoms with Gasteiger partial charge in [-0.25, -0.2) is 4.39 Å². The molecule has 1 saturated carbocycles. The topological polar surface area (TPSA) is 141 Å². The summed E-state index contributed by atoms with van der Waals surface area (Å²) in [5.41, 5.74) is 1.52. The van der Waals surface area contributed by atoms with Gasteiger partial charge >= 0.3 is 5.97 Å². The monoisotopic (exact) mass is 563 g/mol. The molecule has 1 unspecified atom stereocenters. The van der Waals surface area contributed by atoms with Gasteiger partial charge in [0.25, 0.3) is 10.1 Å². The highest BCUT2D eigenvalue weighted by molar-refractivity contribution is 7.86. The van der Waals surface area contributed by atoms with Crippen LogP contribution in [0.2, 0.25) is 0 Å². The Bertz CT molecular complexity index is 1470. The Hall–Kier alpha value is -3.32. The van der Waals surface area contributed by atoms with Gasteiger partial charge in [0.05, 0.1) is 6.04 Å². The van der Waals surface area contributed by atoms with Gasteiger partial charge in [-0.2, -0.15) is 8.42 Å². The Morgan fingerprint density at radius 2 is 1.84 bits per heavy atom. The number of phenols is 2. The van der Waals surface area contributed by atoms with E-state index in [9.17, 15) is 22.4 Å². The van der Waals surface area contributed by atoms with Gasteiger partial charge in [0.1, 0.15) is 22.2 Å². The number of esters is 1. The Labute approximate surface area is 222 Å². The smallest absolute Gasteiger partial charge is 0.308 e. The molecule has 3 N–H and O–H groups in total. The van der Waals surface area contributed by atoms with Crippen molar-refractivity contribution in [2.75, 3.05) is 6.54 Å². The average Bonchev–Trinajstić information content (AvgIpc) is 3.62. The van der Waals surface area contributed by atoms with E-state index in [4.69, 9.17) is 19.5 Å². The second-order valence-electron chi connectivity index (χ2n) is 9.06. The maximum Gasteiger partial charge on any atom is 0.308 e. The number of Topliss-reactive ketones (excluding diaryl/α,β-unsaturated/α-hetero) is 1. The van der Waals surface area contributed by atoms with Crippen molar-refractivity contribution in [1.29, 1.82) is 0 Å². The SMILES string of the molecule is CC(=O)Oc1cc2c(s1)CCN(C(C(=O)C1CC1)c1ccccc1F)C2.O=S(=O)(O)c1cc(O)ccc1O. The van der Waals surface area contributed by atoms with Crippen LogP contribution in [0.4, 0.5) is 4.39 Å². The van der Waals surface area contributed by atoms with E-state index >= 15 is 0 Å². The molecule has 12 heteroatoms. The maximum absolute atomic E-state index is 14.4. The predicted molar refractivity (Wildman–Crippen MR) is 136 cm³/mol. The first-order valence-corrected chi connectivity index (χ1v) is 14.0. The van der Waals surface area contributed by atoms with Crippen LogP contribution in [0.5, 0.6) is 16.6 Å². The van der Waals surface area contributed by atoms with Crippen molar-refractivity contribution in [3.05, 3.63) is 70.4 Å². The second-order valence-corrected chi connectivity index (χ2v) is 11.5. The first-order valence-electron chi connectivity index (χ1n) is 11.8. The van der Waals surface area contributed by atoms with Crippen LogP contribution in [0.3, 0.4) is 0 Å². The molecule has 0 amide bonds. The Morgan fingerprint density at radius 1 is 1.13 bits per heavy atom. The minimum Gasteiger partial charge on any atom is -0.508 e. The van der Waals surface area contributed by atoms with Crippen LogP contribution in [0.15, 0.2) is 53.4 Å². The fourth-order valence-electron chi connectivity index (χ4n) is 4.27. The van der Waals surface area contributed by atoms with E-state index in [2.05, 4.69) is 4.90 Å². The molecule has 0 saturated heterocycles. The molecule has 0 bridgehead atoms. The van der Waals surface area contributed by atoms with Crippen LogP contribution in [0.25, 0.3) is 0 Å². The van der Waals surface area contributed by atoms with Crippen LogP contribution in [-0.2, 0) is 32.7 Å². The molecule has 1 aliphatic heterocycles. The van der Waals surface area contributed by atoms with Crippen molar-refractivity contribution < 1.29 is 41.9 Å². The van der Waals surface area contributed by atoms with Crippen LogP contribution < -0.4 is 4.74 Å². The number of phenolic OH excluding ortho intramolecular Hbond substituents is 2. The van der Waals surface area contributed by atoms with Crippen LogP contribution in [0, 0.1) is 11.7 Å². The fourth-order valence-corrected chi connectivity index (χ4v) is 5.92. The molecule has 2 heterocycles. The molecule has 1 atom stereocenters. The summed E-state index contributed by atoms with van der Waals surface area (Å²) in [7, 11) is -4.47. The minimum absolute atomic E-state index is 0.0556. The zero-order valence-electron chi connectivity index (χ0n) is 20.3. The number of benzene rings is 2. The lowest BCUT2D eigenvalue weighted by Crippen LogP contribution is -2.38. The van der Waals surface area contributed by atoms with E-state index in [0.717, 1.165) is 43.0 Å². The highest BCUT2D eigenvalue weighted by Crippen LogP contribution is 2.41. The Kier molecular flexibility index (Phi) is 8.16. The molecule has 1 aromatic heterocycles. The van der Waals surface area contributed by atoms with E-state index in [-0.39, 0.29) is 29.2 Å². The second kappa shape index (κ2) is 11.2. The molecule has 2 aromatic carbocycles. The first kappa shape index (κ1) is 27.7. The zero-order valence-corrected chi connectivity index (χ0v) is 22.0. The van der Waals surface area contributed by atoms with Crippen molar-refractivity contribution in [1.82, 2.24) is 4.90 Å². The predicted octanol–water partition coefficient (Wildman–Crippen LogP) is 4.24. The van der Waals surface area contributed by atoms with Crippen molar-refractivity contribution >= 4 is 33.2 Å². The van der Waals surface area contributed by atoms with Gasteiger partial charge in [0.2, 0.25) is 0 Å². The number of thiophene rings is 1. The number of fused-ring (bicyclic) bond motifs is 1. The van der Waals surface area contributed by atoms with E-state index in [1.807, 2.05) is 6.07 Å². The summed E-state index contributed by atoms with van der Waals surface area (Å²) in [5.74, 6) is -1.44. The van der Waals surface area contributed by atoms with Gasteiger partial charge in [0.15, 0.2) is 10.8 Å². The number of carbonyl (C=O) groups excluding carboxylic acids is 2. The summed E-state index contributed by atoms with van der Waals surface area (Å²) < 4.78 is 49.1. The van der Waals surface area contributed by atoms with Gasteiger partial charge in [-0.05, 0) is 49.1 Å². The molecule has 2 aliphatic rings. The Morgan fingerprint density at radius 3 is 2.45 bits per heavy atom. The Balaban J connectivity index is 0.000000236. The molecule has 5 rings (SSSR count). The third-order valence-corrected chi connectivity index (χ3v) is 8.15. The van der Waals surface area contributed by atoms with Crippen LogP contribution in [0.1, 0.15) is 41.8 Å². The molecule has 0 spiro atoms. The lowest BCUT2D eigenvalue weighted by molar-refractivity contribution is -0.131. The number of ketones is 1. The summed E-state index contributed by atoms with van der Waals surface area (Å²) in [6.07, 6.45) is 2.57. The number of ether oxygens (including phenoxy) is 1. The number of halogens is 1. The fraction of sp³-hybridized carbons (Fsp3) is 0.308. The third kappa shape index (κ3) is 6.57. The van der Waals surface area contributed by atoms with Crippen molar-refractivity contribution in [3.8, 4) is 16.6 Å². The average molecular weight is 564 g/mol. The normalized spacial score (nSPS) is 16.1. The number of carbonyl (C=O) groups is 2. The number of rotatable bonds is 6. The number of aromatic hydroxyl groups is 2. The summed E-state index contributed by atoms with van der Waals surface area (Å²) in [5, 5.41) is 18.3. The standard InChI is InChI=1S/C20H20FNO3S.C6H6O5S/c1-12(23)25-18-10-14-11-22(9-8-17(14)26-18)19(20(24)13-6-7-13)15-4-2-3-5-16(15)21;7-4-1-2-5(8)6(3-4)12(9,10)11/h2-5,10,13,19H,6-9,11H2,1H3;1-3,7-8H,(H,9,10,11). The van der Waals surface area contributed by atoms with Gasteiger partial charge in [0, 0.05) is 42.4 Å². The summed E-state index contributed by atoms with van der Waals surface area (Å²) in [6.45, 7) is 2.63. The number of hydrogen-bond donors (Lipinski definition) is 3. The van der Waals surface area contributed by atoms with Gasteiger partial charge < -0.3 is 14.9 Å². The summed E-state index contributed by atoms with van der Waals surface area (Å²) in [6, 6.07) is 10.7. The highest BCUT2D eigenvalue weighted by Gasteiger charge is 2.40. The van der Waals surface area contributed by atoms with E-state index < -0.39 is 26.8 Å². The molecular formula is C26H26FNO8S2. The molecular weight excluding hydrogens is 537 g/mol. The van der Waals surface area contributed by atoms with Crippen LogP contribution in [-0.4, -0.2) is 46.4 Å². The largest absolute Gasteiger partial charge is 0.508 e. The van der Waals surface area contributed by atoms with E-state index in [0.29, 0.717) is 23.7 Å². The number of hydrogen-bond acceptors (Lipinski definition) is 9. The highest BCUT2D eigenvalue weighted by atomic mass is 32.2. The lowest BCUT2D eigenvalue weighted by Gasteiger charge is -2.34. The quantitative estimate of drug-likeness (QED) is 0.228. The summed E-state index contributed by atoms with van der Waals surface area (Å²) >= 11 is 1.47. The lowest BCUT2D eigenvalue weighted by atomic mass is 9.95. The van der Waals surface area contributed by atoms with Crippen molar-refractivity contribution in [2.45, 2.75) is 43.7 Å². The summed E-state index contributed by atoms with van der Waals surface area (Å²) in [4.78, 5) is 26.7. The molecule has 3 aromatic rings. The third-order valence-electron chi connectivity index (χ3n) is 6.15. The van der Waals surface area contributed by atoms with Crippen molar-refractivity contribution in [3.63, 3.8) is 0 Å². The number of nitrogens with zero attached hydrogens (tertiary/aromatic N) is 1. The molecule has 202 valence electrons. The van der Waals surface area contributed by atoms with Crippen LogP contribution >= 0.6 is 11.3 Å².